The molecule has 2 heterocycles. The second-order valence-corrected chi connectivity index (χ2v) is 9.44. The van der Waals surface area contributed by atoms with Crippen molar-refractivity contribution in [2.45, 2.75) is 63.3 Å². The molecule has 1 N–H and O–H groups in total. The van der Waals surface area contributed by atoms with Gasteiger partial charge in [0.2, 0.25) is 0 Å². The predicted octanol–water partition coefficient (Wildman–Crippen LogP) is 4.80. The van der Waals surface area contributed by atoms with E-state index in [0.29, 0.717) is 11.1 Å². The van der Waals surface area contributed by atoms with E-state index in [2.05, 4.69) is 11.1 Å². The number of halogens is 1. The van der Waals surface area contributed by atoms with Crippen LogP contribution in [0.2, 0.25) is 0 Å². The molecule has 0 bridgehead atoms. The number of nitrogens with zero attached hydrogens (tertiary/aromatic N) is 3. The van der Waals surface area contributed by atoms with Gasteiger partial charge in [0.15, 0.2) is 0 Å². The van der Waals surface area contributed by atoms with Crippen LogP contribution in [0.3, 0.4) is 0 Å². The fraction of sp³-hybridized carbons (Fsp3) is 0.400. The molecule has 1 aliphatic heterocycles. The van der Waals surface area contributed by atoms with E-state index in [9.17, 15) is 14.0 Å². The van der Waals surface area contributed by atoms with E-state index in [1.54, 1.807) is 33.7 Å². The molecule has 3 aromatic rings. The second kappa shape index (κ2) is 7.77. The number of nitriles is 1. The number of nitrogens with one attached hydrogen (secondary N) is 1. The van der Waals surface area contributed by atoms with Gasteiger partial charge in [0.1, 0.15) is 11.4 Å². The zero-order valence-electron chi connectivity index (χ0n) is 18.5. The summed E-state index contributed by atoms with van der Waals surface area (Å²) in [6, 6.07) is 13.2. The molecule has 8 heteroatoms. The lowest BCUT2D eigenvalue weighted by atomic mass is 9.86. The Hall–Kier alpha value is -3.60. The molecular weight excluding hydrogens is 423 g/mol. The van der Waals surface area contributed by atoms with Crippen LogP contribution in [0.5, 0.6) is 0 Å². The van der Waals surface area contributed by atoms with Gasteiger partial charge in [-0.25, -0.2) is 14.0 Å². The second-order valence-electron chi connectivity index (χ2n) is 9.44. The SMILES string of the molecule is CC1(C)OC(=O)N(C2CCC(n3c(=O)[nH]c4cc(C#N)ccc43)CC2)C1c1ccc(F)cc1. The fourth-order valence-corrected chi connectivity index (χ4v) is 5.50. The molecule has 7 nitrogen and oxygen atoms in total. The highest BCUT2D eigenvalue weighted by molar-refractivity contribution is 5.77. The largest absolute Gasteiger partial charge is 0.441 e. The summed E-state index contributed by atoms with van der Waals surface area (Å²) in [7, 11) is 0. The maximum atomic E-state index is 13.5. The zero-order chi connectivity index (χ0) is 23.3. The van der Waals surface area contributed by atoms with Gasteiger partial charge in [-0.2, -0.15) is 5.26 Å². The van der Waals surface area contributed by atoms with Crippen LogP contribution in [-0.2, 0) is 4.74 Å². The maximum absolute atomic E-state index is 13.5. The molecule has 1 aliphatic carbocycles. The van der Waals surface area contributed by atoms with Crippen LogP contribution in [-0.4, -0.2) is 32.2 Å². The summed E-state index contributed by atoms with van der Waals surface area (Å²) < 4.78 is 21.0. The summed E-state index contributed by atoms with van der Waals surface area (Å²) in [5.74, 6) is -0.320. The van der Waals surface area contributed by atoms with Crippen molar-refractivity contribution in [2.75, 3.05) is 0 Å². The summed E-state index contributed by atoms with van der Waals surface area (Å²) in [4.78, 5) is 30.2. The first-order valence-corrected chi connectivity index (χ1v) is 11.2. The number of hydrogen-bond donors (Lipinski definition) is 1. The highest BCUT2D eigenvalue weighted by Crippen LogP contribution is 2.45. The molecule has 1 saturated carbocycles. The average Bonchev–Trinajstić information content (AvgIpc) is 3.24. The van der Waals surface area contributed by atoms with E-state index in [4.69, 9.17) is 10.00 Å². The number of fused-ring (bicyclic) bond motifs is 1. The number of rotatable bonds is 3. The Labute approximate surface area is 190 Å². The average molecular weight is 448 g/mol. The highest BCUT2D eigenvalue weighted by atomic mass is 19.1. The first-order chi connectivity index (χ1) is 15.8. The van der Waals surface area contributed by atoms with E-state index in [1.807, 2.05) is 19.9 Å². The highest BCUT2D eigenvalue weighted by Gasteiger charge is 2.51. The fourth-order valence-electron chi connectivity index (χ4n) is 5.50. The van der Waals surface area contributed by atoms with Gasteiger partial charge in [-0.3, -0.25) is 9.47 Å². The summed E-state index contributed by atoms with van der Waals surface area (Å²) in [6.45, 7) is 3.76. The first-order valence-electron chi connectivity index (χ1n) is 11.2. The van der Waals surface area contributed by atoms with Gasteiger partial charge >= 0.3 is 11.8 Å². The molecule has 33 heavy (non-hydrogen) atoms. The summed E-state index contributed by atoms with van der Waals surface area (Å²) in [5, 5.41) is 9.12. The third kappa shape index (κ3) is 3.58. The number of carbonyl (C=O) groups excluding carboxylic acids is 1. The molecule has 2 aliphatic rings. The lowest BCUT2D eigenvalue weighted by molar-refractivity contribution is 0.0662. The number of imidazole rings is 1. The summed E-state index contributed by atoms with van der Waals surface area (Å²) >= 11 is 0. The molecular formula is C25H25FN4O3. The number of hydrogen-bond acceptors (Lipinski definition) is 4. The van der Waals surface area contributed by atoms with Gasteiger partial charge < -0.3 is 9.72 Å². The lowest BCUT2D eigenvalue weighted by Crippen LogP contribution is -2.43. The first kappa shape index (κ1) is 21.3. The molecule has 0 spiro atoms. The molecule has 0 radical (unpaired) electrons. The number of ether oxygens (including phenoxy) is 1. The van der Waals surface area contributed by atoms with E-state index >= 15 is 0 Å². The van der Waals surface area contributed by atoms with Gasteiger partial charge in [0, 0.05) is 12.1 Å². The maximum Gasteiger partial charge on any atom is 0.411 e. The minimum Gasteiger partial charge on any atom is -0.441 e. The molecule has 2 aromatic carbocycles. The Kier molecular flexibility index (Phi) is 5.00. The predicted molar refractivity (Wildman–Crippen MR) is 120 cm³/mol. The Morgan fingerprint density at radius 1 is 1.06 bits per heavy atom. The minimum atomic E-state index is -0.738. The van der Waals surface area contributed by atoms with Crippen LogP contribution < -0.4 is 5.69 Å². The number of aromatic nitrogens is 2. The van der Waals surface area contributed by atoms with Crippen molar-refractivity contribution in [1.82, 2.24) is 14.5 Å². The van der Waals surface area contributed by atoms with E-state index in [1.165, 1.54) is 12.1 Å². The standard InChI is InChI=1S/C25H25FN4O3/c1-25(2)22(16-4-6-17(26)7-5-16)30(24(32)33-25)19-10-8-18(9-11-19)29-21-12-3-15(14-27)13-20(21)28-23(29)31/h3-7,12-13,18-19,22H,8-11H2,1-2H3,(H,28,31). The van der Waals surface area contributed by atoms with Crippen LogP contribution in [0.15, 0.2) is 47.3 Å². The van der Waals surface area contributed by atoms with Crippen molar-refractivity contribution in [3.63, 3.8) is 0 Å². The van der Waals surface area contributed by atoms with E-state index in [0.717, 1.165) is 36.8 Å². The van der Waals surface area contributed by atoms with Crippen LogP contribution in [0.1, 0.15) is 62.7 Å². The molecule has 2 fully saturated rings. The third-order valence-corrected chi connectivity index (χ3v) is 6.95. The number of benzene rings is 2. The van der Waals surface area contributed by atoms with Crippen molar-refractivity contribution >= 4 is 17.1 Å². The van der Waals surface area contributed by atoms with Crippen molar-refractivity contribution in [1.29, 1.82) is 5.26 Å². The Bertz CT molecular complexity index is 1310. The zero-order valence-corrected chi connectivity index (χ0v) is 18.5. The number of aromatic amines is 1. The van der Waals surface area contributed by atoms with Crippen LogP contribution in [0.4, 0.5) is 9.18 Å². The van der Waals surface area contributed by atoms with Gasteiger partial charge in [0.25, 0.3) is 0 Å². The topological polar surface area (TPSA) is 91.1 Å². The van der Waals surface area contributed by atoms with Gasteiger partial charge in [0.05, 0.1) is 28.7 Å². The van der Waals surface area contributed by atoms with Gasteiger partial charge in [-0.05, 0) is 75.4 Å². The Morgan fingerprint density at radius 3 is 2.39 bits per heavy atom. The molecule has 5 rings (SSSR count). The number of amides is 1. The molecule has 1 amide bonds. The lowest BCUT2D eigenvalue weighted by Gasteiger charge is -2.38. The molecule has 1 saturated heterocycles. The van der Waals surface area contributed by atoms with E-state index in [-0.39, 0.29) is 35.7 Å². The van der Waals surface area contributed by atoms with Crippen LogP contribution >= 0.6 is 0 Å². The summed E-state index contributed by atoms with van der Waals surface area (Å²) in [6.07, 6.45) is 2.56. The monoisotopic (exact) mass is 448 g/mol. The van der Waals surface area contributed by atoms with Crippen molar-refractivity contribution in [3.05, 3.63) is 69.9 Å². The molecule has 1 unspecified atom stereocenters. The number of carbonyl (C=O) groups is 1. The Morgan fingerprint density at radius 2 is 1.73 bits per heavy atom. The number of cyclic esters (lactones) is 1. The van der Waals surface area contributed by atoms with Crippen molar-refractivity contribution < 1.29 is 13.9 Å². The number of H-pyrrole nitrogens is 1. The van der Waals surface area contributed by atoms with Gasteiger partial charge in [-0.15, -0.1) is 0 Å². The molecule has 1 atom stereocenters. The Balaban J connectivity index is 1.39. The quantitative estimate of drug-likeness (QED) is 0.623. The van der Waals surface area contributed by atoms with Crippen molar-refractivity contribution in [3.8, 4) is 6.07 Å². The minimum absolute atomic E-state index is 0.00587. The third-order valence-electron chi connectivity index (χ3n) is 6.95. The molecule has 1 aromatic heterocycles. The van der Waals surface area contributed by atoms with Crippen molar-refractivity contribution in [2.24, 2.45) is 0 Å². The molecule has 170 valence electrons. The van der Waals surface area contributed by atoms with Gasteiger partial charge in [-0.1, -0.05) is 12.1 Å². The van der Waals surface area contributed by atoms with Crippen LogP contribution in [0.25, 0.3) is 11.0 Å². The summed E-state index contributed by atoms with van der Waals surface area (Å²) in [5.41, 5.74) is 1.86. The smallest absolute Gasteiger partial charge is 0.411 e. The van der Waals surface area contributed by atoms with Crippen LogP contribution in [0, 0.1) is 17.1 Å². The normalized spacial score (nSPS) is 24.6. The van der Waals surface area contributed by atoms with E-state index < -0.39 is 5.60 Å².